The summed E-state index contributed by atoms with van der Waals surface area (Å²) < 4.78 is 2.35. The molecule has 0 atom stereocenters. The van der Waals surface area contributed by atoms with Crippen LogP contribution in [-0.4, -0.2) is 26.2 Å². The first-order chi connectivity index (χ1) is 46.4. The van der Waals surface area contributed by atoms with Gasteiger partial charge in [0.25, 0.3) is 6.71 Å². The van der Waals surface area contributed by atoms with Gasteiger partial charge in [0.2, 0.25) is 0 Å². The monoisotopic (exact) mass is 1240 g/mol. The summed E-state index contributed by atoms with van der Waals surface area (Å²) in [4.78, 5) is 20.7. The zero-order valence-electron chi connectivity index (χ0n) is 55.7. The summed E-state index contributed by atoms with van der Waals surface area (Å²) in [6, 6.07) is 102. The van der Waals surface area contributed by atoms with E-state index in [4.69, 9.17) is 15.0 Å². The molecule has 96 heavy (non-hydrogen) atoms. The molecule has 0 bridgehead atoms. The minimum atomic E-state index is -0.151. The second-order valence-corrected chi connectivity index (χ2v) is 28.8. The van der Waals surface area contributed by atoms with Crippen LogP contribution in [0.1, 0.15) is 84.6 Å². The average Bonchev–Trinajstić information content (AvgIpc) is 0.741. The number of anilines is 6. The van der Waals surface area contributed by atoms with Crippen molar-refractivity contribution in [2.45, 2.75) is 78.6 Å². The molecule has 2 aliphatic rings. The lowest BCUT2D eigenvalue weighted by molar-refractivity contribution is 0.590. The van der Waals surface area contributed by atoms with Crippen LogP contribution in [-0.2, 0) is 16.2 Å². The van der Waals surface area contributed by atoms with E-state index in [-0.39, 0.29) is 23.0 Å². The molecular weight excluding hydrogens is 1170 g/mol. The Morgan fingerprint density at radius 1 is 0.323 bits per heavy atom. The molecule has 0 aliphatic carbocycles. The predicted octanol–water partition coefficient (Wildman–Crippen LogP) is 20.8. The third-order valence-electron chi connectivity index (χ3n) is 19.5. The second kappa shape index (κ2) is 23.0. The molecule has 14 aromatic rings. The molecule has 0 saturated heterocycles. The van der Waals surface area contributed by atoms with Gasteiger partial charge in [0.1, 0.15) is 0 Å². The van der Waals surface area contributed by atoms with Crippen LogP contribution in [0.25, 0.3) is 95.0 Å². The lowest BCUT2D eigenvalue weighted by Gasteiger charge is -2.45. The van der Waals surface area contributed by atoms with Crippen LogP contribution >= 0.6 is 0 Å². The molecule has 0 N–H and O–H groups in total. The van der Waals surface area contributed by atoms with E-state index in [1.807, 2.05) is 72.8 Å². The fourth-order valence-electron chi connectivity index (χ4n) is 14.4. The maximum atomic E-state index is 10.7. The van der Waals surface area contributed by atoms with Crippen LogP contribution in [0.3, 0.4) is 0 Å². The number of nitriles is 1. The van der Waals surface area contributed by atoms with Gasteiger partial charge in [-0.15, -0.1) is 0 Å². The summed E-state index contributed by atoms with van der Waals surface area (Å²) in [5.41, 5.74) is 26.7. The third kappa shape index (κ3) is 10.4. The van der Waals surface area contributed by atoms with Gasteiger partial charge in [0.05, 0.1) is 28.4 Å². The van der Waals surface area contributed by atoms with Crippen molar-refractivity contribution >= 4 is 79.0 Å². The number of fused-ring (bicyclic) bond motifs is 7. The van der Waals surface area contributed by atoms with Gasteiger partial charge in [-0.1, -0.05) is 244 Å². The van der Waals surface area contributed by atoms with E-state index in [2.05, 4.69) is 283 Å². The maximum Gasteiger partial charge on any atom is 0.252 e. The summed E-state index contributed by atoms with van der Waals surface area (Å²) in [6.07, 6.45) is 0. The van der Waals surface area contributed by atoms with Crippen molar-refractivity contribution in [3.8, 4) is 79.3 Å². The number of hydrogen-bond acceptors (Lipinski definition) is 6. The van der Waals surface area contributed by atoms with Gasteiger partial charge < -0.3 is 14.4 Å². The van der Waals surface area contributed by atoms with Crippen molar-refractivity contribution in [1.29, 1.82) is 5.26 Å². The SMILES string of the molecule is CC(C)(C)c1ccc2c(c1)N(c1ccc(-c3ccccc3)cc1)c1cc(-c3ccc4c(c3)c3cc(C(C)(C)C)ccc3n4-c3ccc(C#N)cc3-c3nc(-c4ccccc4)nc(-c4ccccc4)n3)cc3c1B2c1ccc(C(C)(C)C)cc1N3c1ccc(-c2ccccc2)cc1. The molecule has 0 saturated carbocycles. The van der Waals surface area contributed by atoms with Crippen molar-refractivity contribution in [3.63, 3.8) is 0 Å². The number of aromatic nitrogens is 4. The van der Waals surface area contributed by atoms with Crippen LogP contribution in [0.2, 0.25) is 0 Å². The maximum absolute atomic E-state index is 10.7. The first-order valence-corrected chi connectivity index (χ1v) is 33.3. The first-order valence-electron chi connectivity index (χ1n) is 33.3. The minimum Gasteiger partial charge on any atom is -0.311 e. The van der Waals surface area contributed by atoms with Gasteiger partial charge in [0.15, 0.2) is 17.5 Å². The molecule has 2 aromatic heterocycles. The molecule has 0 amide bonds. The molecule has 2 aliphatic heterocycles. The van der Waals surface area contributed by atoms with Crippen LogP contribution < -0.4 is 26.2 Å². The molecule has 0 radical (unpaired) electrons. The van der Waals surface area contributed by atoms with Crippen LogP contribution in [0, 0.1) is 11.3 Å². The molecule has 0 unspecified atom stereocenters. The lowest BCUT2D eigenvalue weighted by atomic mass is 9.33. The van der Waals surface area contributed by atoms with E-state index in [0.29, 0.717) is 23.0 Å². The van der Waals surface area contributed by atoms with E-state index >= 15 is 0 Å². The quantitative estimate of drug-likeness (QED) is 0.134. The van der Waals surface area contributed by atoms with Crippen molar-refractivity contribution in [3.05, 3.63) is 295 Å². The minimum absolute atomic E-state index is 0.0911. The smallest absolute Gasteiger partial charge is 0.252 e. The highest BCUT2D eigenvalue weighted by atomic mass is 15.2. The first kappa shape index (κ1) is 59.6. The fourth-order valence-corrected chi connectivity index (χ4v) is 14.4. The number of rotatable bonds is 9. The molecule has 12 aromatic carbocycles. The molecular formula is C88H72BN7. The summed E-state index contributed by atoms with van der Waals surface area (Å²) in [5, 5.41) is 12.9. The van der Waals surface area contributed by atoms with E-state index in [1.54, 1.807) is 0 Å². The highest BCUT2D eigenvalue weighted by Gasteiger charge is 2.44. The van der Waals surface area contributed by atoms with E-state index in [9.17, 15) is 5.26 Å². The Kier molecular flexibility index (Phi) is 14.3. The molecule has 462 valence electrons. The molecule has 16 rings (SSSR count). The Hall–Kier alpha value is -11.4. The van der Waals surface area contributed by atoms with E-state index < -0.39 is 0 Å². The zero-order chi connectivity index (χ0) is 65.8. The van der Waals surface area contributed by atoms with Crippen molar-refractivity contribution in [2.75, 3.05) is 9.80 Å². The number of hydrogen-bond donors (Lipinski definition) is 0. The molecule has 4 heterocycles. The van der Waals surface area contributed by atoms with Gasteiger partial charge in [-0.05, 0) is 174 Å². The summed E-state index contributed by atoms with van der Waals surface area (Å²) in [7, 11) is 0. The molecule has 0 spiro atoms. The van der Waals surface area contributed by atoms with Crippen molar-refractivity contribution in [1.82, 2.24) is 19.5 Å². The van der Waals surface area contributed by atoms with Gasteiger partial charge in [0, 0.05) is 61.6 Å². The summed E-state index contributed by atoms with van der Waals surface area (Å²) in [5.74, 6) is 1.57. The largest absolute Gasteiger partial charge is 0.311 e. The Morgan fingerprint density at radius 3 is 1.18 bits per heavy atom. The average molecular weight is 1240 g/mol. The third-order valence-corrected chi connectivity index (χ3v) is 19.5. The van der Waals surface area contributed by atoms with Gasteiger partial charge in [-0.2, -0.15) is 5.26 Å². The van der Waals surface area contributed by atoms with Crippen LogP contribution in [0.5, 0.6) is 0 Å². The Bertz CT molecular complexity index is 5170. The Balaban J connectivity index is 0.969. The second-order valence-electron chi connectivity index (χ2n) is 28.8. The van der Waals surface area contributed by atoms with Gasteiger partial charge in [-0.3, -0.25) is 0 Å². The fraction of sp³-hybridized carbons (Fsp3) is 0.136. The standard InChI is InChI=1S/C88H72BN7/c1-86(2,3)65-38-47-76-71(52-65)70-49-63(35-46-75(70)96(76)77-45-30-56(55-90)48-72(77)85-92-83(61-26-18-12-19-27-61)91-84(93-85)62-28-20-13-21-29-62)64-50-80-82-81(51-64)95(69-41-33-60(34-42-69)58-24-16-11-17-25-58)79-54-67(88(7,8)9)37-44-74(79)89(82)73-43-36-66(87(4,5)6)53-78(73)94(80)68-39-31-59(32-40-68)57-22-14-10-15-23-57/h10-54H,1-9H3. The number of benzene rings is 12. The van der Waals surface area contributed by atoms with Gasteiger partial charge >= 0.3 is 0 Å². The highest BCUT2D eigenvalue weighted by molar-refractivity contribution is 7.00. The molecule has 7 nitrogen and oxygen atoms in total. The number of nitrogens with zero attached hydrogens (tertiary/aromatic N) is 7. The van der Waals surface area contributed by atoms with Crippen molar-refractivity contribution < 1.29 is 0 Å². The topological polar surface area (TPSA) is 73.9 Å². The Morgan fingerprint density at radius 2 is 0.719 bits per heavy atom. The molecule has 8 heteroatoms. The van der Waals surface area contributed by atoms with Crippen molar-refractivity contribution in [2.24, 2.45) is 0 Å². The summed E-state index contributed by atoms with van der Waals surface area (Å²) >= 11 is 0. The van der Waals surface area contributed by atoms with E-state index in [1.165, 1.54) is 66.7 Å². The molecule has 0 fully saturated rings. The van der Waals surface area contributed by atoms with Crippen LogP contribution in [0.4, 0.5) is 34.1 Å². The van der Waals surface area contributed by atoms with Gasteiger partial charge in [-0.25, -0.2) is 15.0 Å². The van der Waals surface area contributed by atoms with Crippen LogP contribution in [0.15, 0.2) is 273 Å². The lowest BCUT2D eigenvalue weighted by Crippen LogP contribution is -2.61. The highest BCUT2D eigenvalue weighted by Crippen LogP contribution is 2.49. The summed E-state index contributed by atoms with van der Waals surface area (Å²) in [6.45, 7) is 20.7. The predicted molar refractivity (Wildman–Crippen MR) is 402 cm³/mol. The Labute approximate surface area is 563 Å². The zero-order valence-corrected chi connectivity index (χ0v) is 55.7. The van der Waals surface area contributed by atoms with E-state index in [0.717, 1.165) is 78.1 Å². The normalized spacial score (nSPS) is 12.8.